The van der Waals surface area contributed by atoms with E-state index in [2.05, 4.69) is 225 Å². The van der Waals surface area contributed by atoms with E-state index in [4.69, 9.17) is 4.98 Å². The Kier molecular flexibility index (Phi) is 7.48. The number of anilines is 3. The third-order valence-electron chi connectivity index (χ3n) is 13.9. The first-order valence-corrected chi connectivity index (χ1v) is 22.3. The summed E-state index contributed by atoms with van der Waals surface area (Å²) in [6.45, 7) is 4.74. The Labute approximate surface area is 366 Å². The van der Waals surface area contributed by atoms with Crippen LogP contribution in [-0.2, 0) is 10.8 Å². The van der Waals surface area contributed by atoms with Gasteiger partial charge in [-0.25, -0.2) is 4.98 Å². The van der Waals surface area contributed by atoms with Crippen LogP contribution in [0, 0.1) is 0 Å². The summed E-state index contributed by atoms with van der Waals surface area (Å²) in [6, 6.07) is 76.6. The van der Waals surface area contributed by atoms with Crippen LogP contribution < -0.4 is 4.90 Å². The van der Waals surface area contributed by atoms with Crippen LogP contribution in [0.2, 0.25) is 0 Å². The van der Waals surface area contributed by atoms with Gasteiger partial charge in [0.15, 0.2) is 0 Å². The van der Waals surface area contributed by atoms with Crippen molar-refractivity contribution in [1.82, 2.24) is 4.98 Å². The maximum atomic E-state index is 5.18. The summed E-state index contributed by atoms with van der Waals surface area (Å²) in [6.07, 6.45) is 0. The van der Waals surface area contributed by atoms with E-state index in [0.717, 1.165) is 37.8 Å². The lowest BCUT2D eigenvalue weighted by Gasteiger charge is -2.32. The molecule has 0 aliphatic heterocycles. The molecule has 3 heteroatoms. The Hall–Kier alpha value is -7.33. The summed E-state index contributed by atoms with van der Waals surface area (Å²) in [5.74, 6) is 0. The molecule has 62 heavy (non-hydrogen) atoms. The first kappa shape index (κ1) is 35.4. The summed E-state index contributed by atoms with van der Waals surface area (Å²) >= 11 is 1.76. The first-order chi connectivity index (χ1) is 30.5. The molecule has 0 radical (unpaired) electrons. The smallest absolute Gasteiger partial charge is 0.124 e. The summed E-state index contributed by atoms with van der Waals surface area (Å²) in [5, 5.41) is 1.02. The van der Waals surface area contributed by atoms with Crippen LogP contribution in [0.3, 0.4) is 0 Å². The van der Waals surface area contributed by atoms with Crippen LogP contribution in [0.25, 0.3) is 65.3 Å². The van der Waals surface area contributed by atoms with Gasteiger partial charge in [0.1, 0.15) is 5.01 Å². The maximum absolute atomic E-state index is 5.18. The zero-order valence-corrected chi connectivity index (χ0v) is 35.2. The highest BCUT2D eigenvalue weighted by Gasteiger charge is 2.51. The Bertz CT molecular complexity index is 3380. The molecule has 1 spiro atoms. The van der Waals surface area contributed by atoms with E-state index >= 15 is 0 Å². The van der Waals surface area contributed by atoms with E-state index in [0.29, 0.717) is 0 Å². The zero-order valence-electron chi connectivity index (χ0n) is 34.4. The molecule has 0 saturated carbocycles. The monoisotopic (exact) mass is 808 g/mol. The highest BCUT2D eigenvalue weighted by Crippen LogP contribution is 2.63. The Morgan fingerprint density at radius 2 is 0.806 bits per heavy atom. The van der Waals surface area contributed by atoms with Crippen LogP contribution in [0.1, 0.15) is 47.2 Å². The summed E-state index contributed by atoms with van der Waals surface area (Å²) < 4.78 is 1.16. The van der Waals surface area contributed by atoms with Gasteiger partial charge in [0.05, 0.1) is 15.6 Å². The second kappa shape index (κ2) is 13.1. The molecule has 0 amide bonds. The van der Waals surface area contributed by atoms with Gasteiger partial charge in [-0.2, -0.15) is 0 Å². The zero-order chi connectivity index (χ0) is 41.2. The highest BCUT2D eigenvalue weighted by atomic mass is 32.1. The third-order valence-corrected chi connectivity index (χ3v) is 15.0. The number of thiazole rings is 1. The van der Waals surface area contributed by atoms with E-state index < -0.39 is 5.41 Å². The molecular weight excluding hydrogens is 769 g/mol. The topological polar surface area (TPSA) is 16.1 Å². The van der Waals surface area contributed by atoms with Gasteiger partial charge in [-0.05, 0) is 120 Å². The minimum absolute atomic E-state index is 0.138. The Balaban J connectivity index is 1.00. The summed E-state index contributed by atoms with van der Waals surface area (Å²) in [4.78, 5) is 7.66. The molecule has 0 atom stereocenters. The second-order valence-electron chi connectivity index (χ2n) is 17.5. The standard InChI is InChI=1S/C59H40N2S/c1-58(2)49-20-10-6-16-43(49)47-31-28-40(34-53(47)58)61(42-30-33-55-56(36-42)62-57(60-55)39-26-24-38(25-27-39)37-14-4-3-5-15-37)41-29-32-48-46-19-9-13-23-52(46)59(54(48)35-41)50-21-11-7-17-44(50)45-18-8-12-22-51(45)59/h3-36H,1-2H3. The highest BCUT2D eigenvalue weighted by molar-refractivity contribution is 7.21. The first-order valence-electron chi connectivity index (χ1n) is 21.5. The molecule has 13 rings (SSSR count). The van der Waals surface area contributed by atoms with Gasteiger partial charge in [-0.15, -0.1) is 11.3 Å². The third kappa shape index (κ3) is 4.88. The lowest BCUT2D eigenvalue weighted by Crippen LogP contribution is -2.26. The van der Waals surface area contributed by atoms with Gasteiger partial charge in [0, 0.05) is 28.0 Å². The predicted molar refractivity (Wildman–Crippen MR) is 259 cm³/mol. The summed E-state index contributed by atoms with van der Waals surface area (Å²) in [5.41, 5.74) is 23.4. The minimum atomic E-state index is -0.436. The van der Waals surface area contributed by atoms with Crippen molar-refractivity contribution >= 4 is 38.6 Å². The number of rotatable bonds is 5. The molecular formula is C59H40N2S. The lowest BCUT2D eigenvalue weighted by molar-refractivity contribution is 0.660. The second-order valence-corrected chi connectivity index (χ2v) is 18.5. The minimum Gasteiger partial charge on any atom is -0.310 e. The van der Waals surface area contributed by atoms with Crippen molar-refractivity contribution in [2.45, 2.75) is 24.7 Å². The fourth-order valence-corrected chi connectivity index (χ4v) is 12.1. The van der Waals surface area contributed by atoms with Crippen molar-refractivity contribution in [2.24, 2.45) is 0 Å². The van der Waals surface area contributed by atoms with Gasteiger partial charge in [-0.3, -0.25) is 0 Å². The molecule has 10 aromatic rings. The van der Waals surface area contributed by atoms with Gasteiger partial charge in [-0.1, -0.05) is 178 Å². The van der Waals surface area contributed by atoms with E-state index in [1.54, 1.807) is 11.3 Å². The van der Waals surface area contributed by atoms with Crippen molar-refractivity contribution in [3.8, 4) is 55.1 Å². The Morgan fingerprint density at radius 1 is 0.371 bits per heavy atom. The van der Waals surface area contributed by atoms with Gasteiger partial charge < -0.3 is 4.90 Å². The molecule has 0 saturated heterocycles. The lowest BCUT2D eigenvalue weighted by atomic mass is 9.70. The van der Waals surface area contributed by atoms with Crippen molar-refractivity contribution in [2.75, 3.05) is 4.90 Å². The largest absolute Gasteiger partial charge is 0.310 e. The van der Waals surface area contributed by atoms with Gasteiger partial charge >= 0.3 is 0 Å². The van der Waals surface area contributed by atoms with E-state index in [1.165, 1.54) is 77.9 Å². The molecule has 1 aromatic heterocycles. The maximum Gasteiger partial charge on any atom is 0.124 e. The number of aromatic nitrogens is 1. The van der Waals surface area contributed by atoms with Crippen molar-refractivity contribution < 1.29 is 0 Å². The number of benzene rings is 9. The van der Waals surface area contributed by atoms with Gasteiger partial charge in [0.2, 0.25) is 0 Å². The number of hydrogen-bond acceptors (Lipinski definition) is 3. The molecule has 1 heterocycles. The van der Waals surface area contributed by atoms with Gasteiger partial charge in [0.25, 0.3) is 0 Å². The van der Waals surface area contributed by atoms with Crippen molar-refractivity contribution in [3.05, 3.63) is 240 Å². The molecule has 0 bridgehead atoms. The molecule has 9 aromatic carbocycles. The van der Waals surface area contributed by atoms with E-state index in [1.807, 2.05) is 0 Å². The average Bonchev–Trinajstić information content (AvgIpc) is 4.04. The molecule has 2 nitrogen and oxygen atoms in total. The predicted octanol–water partition coefficient (Wildman–Crippen LogP) is 15.7. The quantitative estimate of drug-likeness (QED) is 0.172. The van der Waals surface area contributed by atoms with Crippen molar-refractivity contribution in [1.29, 1.82) is 0 Å². The fourth-order valence-electron chi connectivity index (χ4n) is 11.1. The van der Waals surface area contributed by atoms with E-state index in [9.17, 15) is 0 Å². The molecule has 0 unspecified atom stereocenters. The van der Waals surface area contributed by atoms with Crippen LogP contribution in [0.4, 0.5) is 17.1 Å². The average molecular weight is 809 g/mol. The van der Waals surface area contributed by atoms with Crippen LogP contribution >= 0.6 is 11.3 Å². The molecule has 0 fully saturated rings. The summed E-state index contributed by atoms with van der Waals surface area (Å²) in [7, 11) is 0. The SMILES string of the molecule is CC1(C)c2ccccc2-c2ccc(N(c3ccc4c(c3)C3(c5ccccc5-c5ccccc53)c3ccccc3-4)c3ccc4nc(-c5ccc(-c6ccccc6)cc5)sc4c3)cc21. The molecule has 292 valence electrons. The number of hydrogen-bond donors (Lipinski definition) is 0. The van der Waals surface area contributed by atoms with Crippen LogP contribution in [0.15, 0.2) is 206 Å². The number of nitrogens with zero attached hydrogens (tertiary/aromatic N) is 2. The molecule has 3 aliphatic carbocycles. The van der Waals surface area contributed by atoms with Crippen LogP contribution in [-0.4, -0.2) is 4.98 Å². The molecule has 0 N–H and O–H groups in total. The molecule has 3 aliphatic rings. The Morgan fingerprint density at radius 3 is 1.42 bits per heavy atom. The van der Waals surface area contributed by atoms with E-state index in [-0.39, 0.29) is 5.41 Å². The van der Waals surface area contributed by atoms with Crippen molar-refractivity contribution in [3.63, 3.8) is 0 Å². The number of fused-ring (bicyclic) bond motifs is 14. The van der Waals surface area contributed by atoms with Crippen LogP contribution in [0.5, 0.6) is 0 Å². The fraction of sp³-hybridized carbons (Fsp3) is 0.0678. The normalized spacial score (nSPS) is 14.2.